The number of imidazole rings is 1. The van der Waals surface area contributed by atoms with E-state index in [1.807, 2.05) is 13.0 Å². The SMILES string of the molecule is Cc1cccc(Cc2c(C)nc3c(C(=O)O)cc(N4CCOCC4)nn23)c1C. The Hall–Kier alpha value is -2.93. The average Bonchev–Trinajstić information content (AvgIpc) is 3.00. The molecule has 1 saturated heterocycles. The maximum Gasteiger partial charge on any atom is 0.339 e. The van der Waals surface area contributed by atoms with Gasteiger partial charge in [-0.25, -0.2) is 14.3 Å². The summed E-state index contributed by atoms with van der Waals surface area (Å²) in [5.74, 6) is -0.349. The number of anilines is 1. The van der Waals surface area contributed by atoms with Crippen molar-refractivity contribution in [2.75, 3.05) is 31.2 Å². The van der Waals surface area contributed by atoms with Gasteiger partial charge in [0.05, 0.1) is 24.6 Å². The monoisotopic (exact) mass is 380 g/mol. The van der Waals surface area contributed by atoms with E-state index in [0.29, 0.717) is 44.2 Å². The summed E-state index contributed by atoms with van der Waals surface area (Å²) >= 11 is 0. The summed E-state index contributed by atoms with van der Waals surface area (Å²) in [6.07, 6.45) is 0.652. The van der Waals surface area contributed by atoms with Crippen LogP contribution in [0.2, 0.25) is 0 Å². The minimum atomic E-state index is -0.995. The molecular formula is C21H24N4O3. The van der Waals surface area contributed by atoms with Crippen LogP contribution in [-0.2, 0) is 11.2 Å². The molecule has 3 heterocycles. The number of carboxylic acid groups (broad SMARTS) is 1. The summed E-state index contributed by atoms with van der Waals surface area (Å²) in [6.45, 7) is 8.72. The van der Waals surface area contributed by atoms with Crippen LogP contribution < -0.4 is 4.90 Å². The van der Waals surface area contributed by atoms with Crippen LogP contribution in [0.25, 0.3) is 5.65 Å². The van der Waals surface area contributed by atoms with Crippen LogP contribution in [0.5, 0.6) is 0 Å². The van der Waals surface area contributed by atoms with E-state index in [1.54, 1.807) is 10.6 Å². The summed E-state index contributed by atoms with van der Waals surface area (Å²) in [5.41, 5.74) is 5.95. The number of rotatable bonds is 4. The molecule has 1 aliphatic rings. The van der Waals surface area contributed by atoms with Crippen molar-refractivity contribution >= 4 is 17.4 Å². The summed E-state index contributed by atoms with van der Waals surface area (Å²) in [5, 5.41) is 14.5. The lowest BCUT2D eigenvalue weighted by Gasteiger charge is -2.28. The number of nitrogens with zero attached hydrogens (tertiary/aromatic N) is 4. The maximum absolute atomic E-state index is 11.9. The highest BCUT2D eigenvalue weighted by Crippen LogP contribution is 2.24. The van der Waals surface area contributed by atoms with Crippen molar-refractivity contribution in [2.24, 2.45) is 0 Å². The Morgan fingerprint density at radius 2 is 1.96 bits per heavy atom. The second-order valence-corrected chi connectivity index (χ2v) is 7.24. The number of fused-ring (bicyclic) bond motifs is 1. The molecule has 0 aliphatic carbocycles. The highest BCUT2D eigenvalue weighted by Gasteiger charge is 2.22. The lowest BCUT2D eigenvalue weighted by molar-refractivity contribution is 0.0698. The van der Waals surface area contributed by atoms with Gasteiger partial charge >= 0.3 is 5.97 Å². The van der Waals surface area contributed by atoms with E-state index < -0.39 is 5.97 Å². The third-order valence-electron chi connectivity index (χ3n) is 5.50. The van der Waals surface area contributed by atoms with E-state index in [-0.39, 0.29) is 5.56 Å². The van der Waals surface area contributed by atoms with E-state index in [9.17, 15) is 9.90 Å². The molecular weight excluding hydrogens is 356 g/mol. The molecule has 3 aromatic rings. The minimum absolute atomic E-state index is 0.173. The molecule has 2 aromatic heterocycles. The van der Waals surface area contributed by atoms with Gasteiger partial charge in [0, 0.05) is 25.6 Å². The van der Waals surface area contributed by atoms with E-state index in [2.05, 4.69) is 35.9 Å². The minimum Gasteiger partial charge on any atom is -0.478 e. The van der Waals surface area contributed by atoms with Crippen LogP contribution >= 0.6 is 0 Å². The van der Waals surface area contributed by atoms with Crippen LogP contribution in [0, 0.1) is 20.8 Å². The summed E-state index contributed by atoms with van der Waals surface area (Å²) in [7, 11) is 0. The van der Waals surface area contributed by atoms with Crippen molar-refractivity contribution < 1.29 is 14.6 Å². The maximum atomic E-state index is 11.9. The third kappa shape index (κ3) is 3.22. The van der Waals surface area contributed by atoms with E-state index in [0.717, 1.165) is 11.4 Å². The Morgan fingerprint density at radius 1 is 1.21 bits per heavy atom. The van der Waals surface area contributed by atoms with Crippen LogP contribution in [0.4, 0.5) is 5.82 Å². The number of hydrogen-bond donors (Lipinski definition) is 1. The molecule has 0 amide bonds. The molecule has 4 rings (SSSR count). The van der Waals surface area contributed by atoms with Crippen LogP contribution in [-0.4, -0.2) is 52.0 Å². The van der Waals surface area contributed by atoms with Crippen molar-refractivity contribution in [3.8, 4) is 0 Å². The molecule has 0 saturated carbocycles. The molecule has 1 aliphatic heterocycles. The Labute approximate surface area is 163 Å². The topological polar surface area (TPSA) is 80.0 Å². The zero-order chi connectivity index (χ0) is 19.8. The standard InChI is InChI=1S/C21H24N4O3/c1-13-5-4-6-16(14(13)2)11-18-15(3)22-20-17(21(26)27)12-19(23-25(18)20)24-7-9-28-10-8-24/h4-6,12H,7-11H2,1-3H3,(H,26,27). The zero-order valence-electron chi connectivity index (χ0n) is 16.4. The first-order valence-electron chi connectivity index (χ1n) is 9.46. The van der Waals surface area contributed by atoms with Gasteiger partial charge in [0.2, 0.25) is 0 Å². The second kappa shape index (κ2) is 7.24. The van der Waals surface area contributed by atoms with Crippen molar-refractivity contribution in [2.45, 2.75) is 27.2 Å². The first-order valence-corrected chi connectivity index (χ1v) is 9.46. The van der Waals surface area contributed by atoms with E-state index in [4.69, 9.17) is 9.84 Å². The Morgan fingerprint density at radius 3 is 2.68 bits per heavy atom. The van der Waals surface area contributed by atoms with Gasteiger partial charge < -0.3 is 14.7 Å². The summed E-state index contributed by atoms with van der Waals surface area (Å²) < 4.78 is 7.13. The Kier molecular flexibility index (Phi) is 4.77. The number of carbonyl (C=O) groups is 1. The quantitative estimate of drug-likeness (QED) is 0.750. The van der Waals surface area contributed by atoms with Gasteiger partial charge in [-0.2, -0.15) is 0 Å². The fourth-order valence-corrected chi connectivity index (χ4v) is 3.65. The van der Waals surface area contributed by atoms with Crippen LogP contribution in [0.3, 0.4) is 0 Å². The number of morpholine rings is 1. The van der Waals surface area contributed by atoms with E-state index in [1.165, 1.54) is 16.7 Å². The fraction of sp³-hybridized carbons (Fsp3) is 0.381. The largest absolute Gasteiger partial charge is 0.478 e. The molecule has 0 bridgehead atoms. The van der Waals surface area contributed by atoms with Gasteiger partial charge in [-0.3, -0.25) is 0 Å². The summed E-state index contributed by atoms with van der Waals surface area (Å²) in [4.78, 5) is 18.5. The number of aromatic nitrogens is 3. The first kappa shape index (κ1) is 18.4. The number of hydrogen-bond acceptors (Lipinski definition) is 5. The van der Waals surface area contributed by atoms with E-state index >= 15 is 0 Å². The molecule has 0 atom stereocenters. The average molecular weight is 380 g/mol. The predicted molar refractivity (Wildman–Crippen MR) is 106 cm³/mol. The first-order chi connectivity index (χ1) is 13.5. The van der Waals surface area contributed by atoms with Gasteiger partial charge in [-0.15, -0.1) is 5.10 Å². The van der Waals surface area contributed by atoms with Crippen molar-refractivity contribution in [1.82, 2.24) is 14.6 Å². The molecule has 1 N–H and O–H groups in total. The predicted octanol–water partition coefficient (Wildman–Crippen LogP) is 2.78. The van der Waals surface area contributed by atoms with Gasteiger partial charge in [0.25, 0.3) is 0 Å². The molecule has 1 aromatic carbocycles. The van der Waals surface area contributed by atoms with Gasteiger partial charge in [0.15, 0.2) is 11.5 Å². The molecule has 0 spiro atoms. The number of carboxylic acids is 1. The lowest BCUT2D eigenvalue weighted by atomic mass is 9.99. The van der Waals surface area contributed by atoms with Crippen molar-refractivity contribution in [1.29, 1.82) is 0 Å². The van der Waals surface area contributed by atoms with Gasteiger partial charge in [-0.1, -0.05) is 18.2 Å². The van der Waals surface area contributed by atoms with Crippen molar-refractivity contribution in [3.63, 3.8) is 0 Å². The molecule has 28 heavy (non-hydrogen) atoms. The zero-order valence-corrected chi connectivity index (χ0v) is 16.4. The Balaban J connectivity index is 1.86. The number of ether oxygens (including phenoxy) is 1. The normalized spacial score (nSPS) is 14.6. The van der Waals surface area contributed by atoms with Crippen LogP contribution in [0.1, 0.15) is 38.4 Å². The number of aromatic carboxylic acids is 1. The fourth-order valence-electron chi connectivity index (χ4n) is 3.65. The molecule has 0 radical (unpaired) electrons. The molecule has 1 fully saturated rings. The smallest absolute Gasteiger partial charge is 0.339 e. The molecule has 0 unspecified atom stereocenters. The second-order valence-electron chi connectivity index (χ2n) is 7.24. The lowest BCUT2D eigenvalue weighted by Crippen LogP contribution is -2.37. The highest BCUT2D eigenvalue weighted by molar-refractivity contribution is 5.95. The highest BCUT2D eigenvalue weighted by atomic mass is 16.5. The Bertz CT molecular complexity index is 1050. The molecule has 7 nitrogen and oxygen atoms in total. The molecule has 146 valence electrons. The number of aryl methyl sites for hydroxylation is 2. The number of benzene rings is 1. The summed E-state index contributed by atoms with van der Waals surface area (Å²) in [6, 6.07) is 7.87. The van der Waals surface area contributed by atoms with Gasteiger partial charge in [0.1, 0.15) is 5.56 Å². The van der Waals surface area contributed by atoms with Crippen LogP contribution in [0.15, 0.2) is 24.3 Å². The molecule has 7 heteroatoms. The van der Waals surface area contributed by atoms with Gasteiger partial charge in [-0.05, 0) is 37.5 Å². The third-order valence-corrected chi connectivity index (χ3v) is 5.50. The van der Waals surface area contributed by atoms with Crippen molar-refractivity contribution in [3.05, 3.63) is 57.9 Å².